The molecule has 0 aliphatic rings. The maximum absolute atomic E-state index is 13.3. The first-order valence-corrected chi connectivity index (χ1v) is 4.76. The molecule has 0 aliphatic heterocycles. The Bertz CT molecular complexity index is 312. The fraction of sp³-hybridized carbons (Fsp3) is 0.455. The Morgan fingerprint density at radius 2 is 2.00 bits per heavy atom. The van der Waals surface area contributed by atoms with Gasteiger partial charge in [0.25, 0.3) is 0 Å². The average molecular weight is 199 g/mol. The molecule has 1 aromatic rings. The van der Waals surface area contributed by atoms with E-state index in [-0.39, 0.29) is 11.5 Å². The smallest absolute Gasteiger partial charge is 0.128 e. The summed E-state index contributed by atoms with van der Waals surface area (Å²) in [4.78, 5) is 0. The lowest BCUT2D eigenvalue weighted by atomic mass is 9.93. The molecule has 14 heavy (non-hydrogen) atoms. The summed E-state index contributed by atoms with van der Waals surface area (Å²) in [7, 11) is 0. The van der Waals surface area contributed by atoms with Crippen molar-refractivity contribution in [3.8, 4) is 0 Å². The minimum atomic E-state index is -0.444. The van der Waals surface area contributed by atoms with E-state index in [0.29, 0.717) is 0 Å². The highest BCUT2D eigenvalue weighted by atomic mass is 19.1. The highest BCUT2D eigenvalue weighted by Crippen LogP contribution is 2.24. The van der Waals surface area contributed by atoms with Crippen LogP contribution in [-0.4, -0.2) is 0 Å². The zero-order chi connectivity index (χ0) is 10.7. The minimum Gasteiger partial charge on any atom is -0.324 e. The minimum absolute atomic E-state index is 0.145. The Labute approximate surface area is 82.9 Å². The van der Waals surface area contributed by atoms with Gasteiger partial charge >= 0.3 is 0 Å². The van der Waals surface area contributed by atoms with Gasteiger partial charge in [0, 0.05) is 11.6 Å². The van der Waals surface area contributed by atoms with E-state index < -0.39 is 17.7 Å². The lowest BCUT2D eigenvalue weighted by Gasteiger charge is -2.19. The van der Waals surface area contributed by atoms with Crippen LogP contribution in [-0.2, 0) is 0 Å². The first kappa shape index (κ1) is 11.1. The number of benzene rings is 1. The molecular weight excluding hydrogens is 184 g/mol. The third kappa shape index (κ3) is 2.29. The Balaban J connectivity index is 2.99. The van der Waals surface area contributed by atoms with Crippen LogP contribution in [0.5, 0.6) is 0 Å². The second kappa shape index (κ2) is 4.51. The van der Waals surface area contributed by atoms with Gasteiger partial charge in [-0.25, -0.2) is 8.78 Å². The molecule has 0 saturated carbocycles. The van der Waals surface area contributed by atoms with Crippen LogP contribution < -0.4 is 5.73 Å². The van der Waals surface area contributed by atoms with E-state index in [1.165, 1.54) is 6.07 Å². The first-order chi connectivity index (χ1) is 6.56. The number of hydrogen-bond donors (Lipinski definition) is 1. The van der Waals surface area contributed by atoms with Crippen LogP contribution in [0, 0.1) is 17.6 Å². The van der Waals surface area contributed by atoms with Gasteiger partial charge in [0.1, 0.15) is 11.6 Å². The van der Waals surface area contributed by atoms with Crippen LogP contribution in [0.1, 0.15) is 31.9 Å². The van der Waals surface area contributed by atoms with E-state index in [0.717, 1.165) is 18.6 Å². The van der Waals surface area contributed by atoms with Gasteiger partial charge in [0.2, 0.25) is 0 Å². The van der Waals surface area contributed by atoms with Gasteiger partial charge < -0.3 is 5.73 Å². The van der Waals surface area contributed by atoms with Gasteiger partial charge in [-0.1, -0.05) is 20.3 Å². The average Bonchev–Trinajstić information content (AvgIpc) is 2.19. The number of halogens is 2. The van der Waals surface area contributed by atoms with Crippen molar-refractivity contribution in [2.24, 2.45) is 11.7 Å². The van der Waals surface area contributed by atoms with Crippen molar-refractivity contribution in [3.05, 3.63) is 35.4 Å². The fourth-order valence-electron chi connectivity index (χ4n) is 1.33. The lowest BCUT2D eigenvalue weighted by molar-refractivity contribution is 0.436. The second-order valence-corrected chi connectivity index (χ2v) is 3.58. The molecular formula is C11H15F2N. The fourth-order valence-corrected chi connectivity index (χ4v) is 1.33. The van der Waals surface area contributed by atoms with Crippen molar-refractivity contribution < 1.29 is 8.78 Å². The van der Waals surface area contributed by atoms with Crippen molar-refractivity contribution in [3.63, 3.8) is 0 Å². The Kier molecular flexibility index (Phi) is 3.58. The summed E-state index contributed by atoms with van der Waals surface area (Å²) in [6, 6.07) is 2.96. The quantitative estimate of drug-likeness (QED) is 0.795. The first-order valence-electron chi connectivity index (χ1n) is 4.76. The highest BCUT2D eigenvalue weighted by molar-refractivity contribution is 5.22. The molecule has 0 fully saturated rings. The molecule has 0 amide bonds. The highest BCUT2D eigenvalue weighted by Gasteiger charge is 2.17. The number of nitrogens with two attached hydrogens (primary N) is 1. The molecule has 0 bridgehead atoms. The van der Waals surface area contributed by atoms with E-state index in [1.807, 2.05) is 13.8 Å². The van der Waals surface area contributed by atoms with Gasteiger partial charge in [-0.3, -0.25) is 0 Å². The predicted octanol–water partition coefficient (Wildman–Crippen LogP) is 3.01. The van der Waals surface area contributed by atoms with Crippen molar-refractivity contribution in [1.29, 1.82) is 0 Å². The monoisotopic (exact) mass is 199 g/mol. The molecule has 0 heterocycles. The summed E-state index contributed by atoms with van der Waals surface area (Å²) in [6.07, 6.45) is 0.844. The third-order valence-corrected chi connectivity index (χ3v) is 2.57. The topological polar surface area (TPSA) is 26.0 Å². The van der Waals surface area contributed by atoms with Crippen molar-refractivity contribution in [1.82, 2.24) is 0 Å². The second-order valence-electron chi connectivity index (χ2n) is 3.58. The van der Waals surface area contributed by atoms with Crippen LogP contribution in [0.2, 0.25) is 0 Å². The Morgan fingerprint density at radius 1 is 1.36 bits per heavy atom. The summed E-state index contributed by atoms with van der Waals surface area (Å²) < 4.78 is 26.1. The normalized spacial score (nSPS) is 15.2. The van der Waals surface area contributed by atoms with Crippen LogP contribution >= 0.6 is 0 Å². The summed E-state index contributed by atoms with van der Waals surface area (Å²) >= 11 is 0. The van der Waals surface area contributed by atoms with E-state index in [2.05, 4.69) is 0 Å². The maximum Gasteiger partial charge on any atom is 0.128 e. The molecule has 0 aromatic heterocycles. The molecule has 2 atom stereocenters. The van der Waals surface area contributed by atoms with E-state index in [4.69, 9.17) is 5.73 Å². The van der Waals surface area contributed by atoms with Crippen LogP contribution in [0.3, 0.4) is 0 Å². The zero-order valence-electron chi connectivity index (χ0n) is 8.43. The summed E-state index contributed by atoms with van der Waals surface area (Å²) in [5, 5.41) is 0. The van der Waals surface area contributed by atoms with Crippen LogP contribution in [0.25, 0.3) is 0 Å². The summed E-state index contributed by atoms with van der Waals surface area (Å²) in [5.74, 6) is -0.731. The van der Waals surface area contributed by atoms with Gasteiger partial charge in [-0.05, 0) is 24.1 Å². The molecule has 78 valence electrons. The Hall–Kier alpha value is -0.960. The molecule has 2 unspecified atom stereocenters. The maximum atomic E-state index is 13.3. The SMILES string of the molecule is CCC(C)C(N)c1cc(F)ccc1F. The molecule has 2 N–H and O–H groups in total. The van der Waals surface area contributed by atoms with Crippen molar-refractivity contribution in [2.45, 2.75) is 26.3 Å². The molecule has 0 spiro atoms. The molecule has 0 saturated heterocycles. The Morgan fingerprint density at radius 3 is 2.57 bits per heavy atom. The van der Waals surface area contributed by atoms with E-state index >= 15 is 0 Å². The van der Waals surface area contributed by atoms with E-state index in [1.54, 1.807) is 0 Å². The van der Waals surface area contributed by atoms with Crippen LogP contribution in [0.4, 0.5) is 8.78 Å². The standard InChI is InChI=1S/C11H15F2N/c1-3-7(2)11(14)9-6-8(12)4-5-10(9)13/h4-7,11H,3,14H2,1-2H3. The van der Waals surface area contributed by atoms with Gasteiger partial charge in [-0.15, -0.1) is 0 Å². The molecule has 1 nitrogen and oxygen atoms in total. The number of hydrogen-bond acceptors (Lipinski definition) is 1. The molecule has 1 rings (SSSR count). The van der Waals surface area contributed by atoms with Gasteiger partial charge in [0.05, 0.1) is 0 Å². The van der Waals surface area contributed by atoms with Gasteiger partial charge in [0.15, 0.2) is 0 Å². The lowest BCUT2D eigenvalue weighted by Crippen LogP contribution is -2.20. The molecule has 3 heteroatoms. The summed E-state index contributed by atoms with van der Waals surface area (Å²) in [6.45, 7) is 3.90. The van der Waals surface area contributed by atoms with Gasteiger partial charge in [-0.2, -0.15) is 0 Å². The van der Waals surface area contributed by atoms with E-state index in [9.17, 15) is 8.78 Å². The van der Waals surface area contributed by atoms with Crippen LogP contribution in [0.15, 0.2) is 18.2 Å². The predicted molar refractivity (Wildman–Crippen MR) is 52.7 cm³/mol. The third-order valence-electron chi connectivity index (χ3n) is 2.57. The van der Waals surface area contributed by atoms with Crippen molar-refractivity contribution in [2.75, 3.05) is 0 Å². The molecule has 0 radical (unpaired) electrons. The number of rotatable bonds is 3. The van der Waals surface area contributed by atoms with Crippen molar-refractivity contribution >= 4 is 0 Å². The summed E-state index contributed by atoms with van der Waals surface area (Å²) in [5.41, 5.74) is 6.08. The molecule has 0 aliphatic carbocycles. The molecule has 1 aromatic carbocycles. The zero-order valence-corrected chi connectivity index (χ0v) is 8.43. The largest absolute Gasteiger partial charge is 0.324 e.